The van der Waals surface area contributed by atoms with Gasteiger partial charge in [-0.1, -0.05) is 0 Å². The Labute approximate surface area is 316 Å². The Balaban J connectivity index is 1.21. The van der Waals surface area contributed by atoms with Crippen molar-refractivity contribution in [2.75, 3.05) is 33.0 Å². The first-order valence-corrected chi connectivity index (χ1v) is 17.6. The van der Waals surface area contributed by atoms with Crippen LogP contribution in [0.15, 0.2) is 0 Å². The van der Waals surface area contributed by atoms with Crippen LogP contribution in [0.4, 0.5) is 0 Å². The van der Waals surface area contributed by atoms with Gasteiger partial charge >= 0.3 is 0 Å². The average molecular weight is 829 g/mol. The van der Waals surface area contributed by atoms with E-state index in [0.29, 0.717) is 0 Å². The molecule has 26 nitrogen and oxygen atoms in total. The molecule has 56 heavy (non-hydrogen) atoms. The molecular formula is C30H52O26. The van der Waals surface area contributed by atoms with Crippen LogP contribution in [0.25, 0.3) is 0 Å². The van der Waals surface area contributed by atoms with Gasteiger partial charge in [0.2, 0.25) is 0 Å². The largest absolute Gasteiger partial charge is 0.394 e. The Hall–Kier alpha value is -1.04. The summed E-state index contributed by atoms with van der Waals surface area (Å²) in [5.74, 6) is 0. The smallest absolute Gasteiger partial charge is 0.187 e. The SMILES string of the molecule is OC[C@H]1O[C@H](OC[C@H]2O[C@H](OC[C@H]3OC(O)[C@@H](O[C@H]4O[C@H](CO)[C@@H](O)[C@H](O)[C@@H]4O[C@H]4O[C@H](CO)[C@@H](O)[C@H](O)[C@@H]4O)[C@@H](O)[C@@H]3O)[C@@H](O)[C@@H](O)[C@@H]2O)[C@@H](O)[C@@H](O)[C@@H]1O. The van der Waals surface area contributed by atoms with Gasteiger partial charge in [-0.3, -0.25) is 0 Å². The highest BCUT2D eigenvalue weighted by atomic mass is 16.8. The van der Waals surface area contributed by atoms with E-state index < -0.39 is 187 Å². The van der Waals surface area contributed by atoms with Crippen molar-refractivity contribution >= 4 is 0 Å². The molecule has 5 heterocycles. The van der Waals surface area contributed by atoms with Crippen LogP contribution in [-0.4, -0.2) is 273 Å². The second-order valence-corrected chi connectivity index (χ2v) is 14.0. The molecule has 25 atom stereocenters. The zero-order valence-electron chi connectivity index (χ0n) is 29.2. The highest BCUT2D eigenvalue weighted by molar-refractivity contribution is 4.97. The molecule has 0 aliphatic carbocycles. The van der Waals surface area contributed by atoms with Crippen LogP contribution in [0.5, 0.6) is 0 Å². The molecule has 0 bridgehead atoms. The molecule has 0 aromatic heterocycles. The summed E-state index contributed by atoms with van der Waals surface area (Å²) in [7, 11) is 0. The molecule has 5 rings (SSSR count). The van der Waals surface area contributed by atoms with Gasteiger partial charge in [-0.05, 0) is 0 Å². The Morgan fingerprint density at radius 2 is 0.625 bits per heavy atom. The lowest BCUT2D eigenvalue weighted by atomic mass is 9.96. The van der Waals surface area contributed by atoms with Crippen molar-refractivity contribution in [1.29, 1.82) is 0 Å². The maximum absolute atomic E-state index is 11.0. The Bertz CT molecular complexity index is 1200. The van der Waals surface area contributed by atoms with Gasteiger partial charge in [-0.25, -0.2) is 0 Å². The van der Waals surface area contributed by atoms with Crippen molar-refractivity contribution in [1.82, 2.24) is 0 Å². The van der Waals surface area contributed by atoms with Crippen LogP contribution in [-0.2, 0) is 42.6 Å². The fraction of sp³-hybridized carbons (Fsp3) is 1.00. The lowest BCUT2D eigenvalue weighted by Crippen LogP contribution is -2.67. The zero-order valence-corrected chi connectivity index (χ0v) is 29.2. The summed E-state index contributed by atoms with van der Waals surface area (Å²) in [6, 6.07) is 0. The van der Waals surface area contributed by atoms with Gasteiger partial charge < -0.3 is 129 Å². The number of rotatable bonds is 13. The zero-order chi connectivity index (χ0) is 41.3. The molecule has 5 saturated heterocycles. The number of ether oxygens (including phenoxy) is 9. The average Bonchev–Trinajstić information content (AvgIpc) is 3.18. The van der Waals surface area contributed by atoms with E-state index in [0.717, 1.165) is 0 Å². The molecule has 26 heteroatoms. The summed E-state index contributed by atoms with van der Waals surface area (Å²) in [6.07, 6.45) is -45.4. The molecule has 0 aromatic rings. The van der Waals surface area contributed by atoms with Gasteiger partial charge in [-0.15, -0.1) is 0 Å². The lowest BCUT2D eigenvalue weighted by Gasteiger charge is -2.48. The molecule has 0 amide bonds. The first-order chi connectivity index (χ1) is 26.4. The van der Waals surface area contributed by atoms with E-state index in [-0.39, 0.29) is 0 Å². The summed E-state index contributed by atoms with van der Waals surface area (Å²) < 4.78 is 48.8. The van der Waals surface area contributed by atoms with Gasteiger partial charge in [-0.2, -0.15) is 0 Å². The second kappa shape index (κ2) is 19.6. The van der Waals surface area contributed by atoms with Crippen LogP contribution in [0.3, 0.4) is 0 Å². The third-order valence-corrected chi connectivity index (χ3v) is 10.3. The summed E-state index contributed by atoms with van der Waals surface area (Å²) >= 11 is 0. The quantitative estimate of drug-likeness (QED) is 0.0819. The predicted octanol–water partition coefficient (Wildman–Crippen LogP) is -11.9. The van der Waals surface area contributed by atoms with E-state index in [1.54, 1.807) is 0 Å². The standard InChI is InChI=1S/C30H52O26/c31-1-6-11(34)16(39)21(44)27(51-6)49-5-10-14(37)18(41)22(45)28(54-10)48-4-9-15(38)19(42)24(26(47)50-9)55-30-25(20(43)13(36)8(3-33)53-30)56-29-23(46)17(40)12(35)7(2-32)52-29/h6-47H,1-5H2/t6-,7-,8-,9-,10-,11-,12-,13-,14-,15-,16+,17+,18+,19+,20+,21+,22+,23+,24+,25+,26?,27+,28+,29-,30-/m1/s1. The molecule has 0 radical (unpaired) electrons. The van der Waals surface area contributed by atoms with Crippen LogP contribution >= 0.6 is 0 Å². The van der Waals surface area contributed by atoms with E-state index in [1.165, 1.54) is 0 Å². The van der Waals surface area contributed by atoms with Gasteiger partial charge in [0.05, 0.1) is 33.0 Å². The summed E-state index contributed by atoms with van der Waals surface area (Å²) in [5, 5.41) is 175. The molecule has 328 valence electrons. The van der Waals surface area contributed by atoms with Crippen molar-refractivity contribution < 1.29 is 129 Å². The molecule has 0 aromatic carbocycles. The van der Waals surface area contributed by atoms with Crippen molar-refractivity contribution in [3.63, 3.8) is 0 Å². The summed E-state index contributed by atoms with van der Waals surface area (Å²) in [4.78, 5) is 0. The van der Waals surface area contributed by atoms with Crippen molar-refractivity contribution in [3.8, 4) is 0 Å². The summed E-state index contributed by atoms with van der Waals surface area (Å²) in [5.41, 5.74) is 0. The van der Waals surface area contributed by atoms with Crippen LogP contribution in [0.1, 0.15) is 0 Å². The van der Waals surface area contributed by atoms with E-state index in [2.05, 4.69) is 0 Å². The Kier molecular flexibility index (Phi) is 16.1. The van der Waals surface area contributed by atoms with Gasteiger partial charge in [0, 0.05) is 0 Å². The normalized spacial score (nSPS) is 53.2. The van der Waals surface area contributed by atoms with E-state index in [9.17, 15) is 86.8 Å². The topological polar surface area (TPSA) is 427 Å². The fourth-order valence-electron chi connectivity index (χ4n) is 6.78. The Morgan fingerprint density at radius 3 is 1.11 bits per heavy atom. The van der Waals surface area contributed by atoms with E-state index in [4.69, 9.17) is 42.6 Å². The first-order valence-electron chi connectivity index (χ1n) is 17.6. The van der Waals surface area contributed by atoms with Gasteiger partial charge in [0.15, 0.2) is 31.5 Å². The van der Waals surface area contributed by atoms with Crippen LogP contribution in [0.2, 0.25) is 0 Å². The lowest BCUT2D eigenvalue weighted by molar-refractivity contribution is -0.392. The minimum Gasteiger partial charge on any atom is -0.394 e. The highest BCUT2D eigenvalue weighted by Crippen LogP contribution is 2.33. The molecule has 5 aliphatic heterocycles. The van der Waals surface area contributed by atoms with Crippen molar-refractivity contribution in [2.24, 2.45) is 0 Å². The van der Waals surface area contributed by atoms with Crippen LogP contribution in [0, 0.1) is 0 Å². The molecular weight excluding hydrogens is 776 g/mol. The van der Waals surface area contributed by atoms with Crippen molar-refractivity contribution in [3.05, 3.63) is 0 Å². The molecule has 17 N–H and O–H groups in total. The van der Waals surface area contributed by atoms with Crippen molar-refractivity contribution in [2.45, 2.75) is 154 Å². The van der Waals surface area contributed by atoms with Crippen LogP contribution < -0.4 is 0 Å². The van der Waals surface area contributed by atoms with Gasteiger partial charge in [0.1, 0.15) is 122 Å². The third kappa shape index (κ3) is 9.46. The predicted molar refractivity (Wildman–Crippen MR) is 167 cm³/mol. The minimum atomic E-state index is -2.15. The summed E-state index contributed by atoms with van der Waals surface area (Å²) in [6.45, 7) is -3.97. The third-order valence-electron chi connectivity index (χ3n) is 10.3. The van der Waals surface area contributed by atoms with E-state index >= 15 is 0 Å². The van der Waals surface area contributed by atoms with E-state index in [1.807, 2.05) is 0 Å². The number of hydrogen-bond acceptors (Lipinski definition) is 26. The maximum atomic E-state index is 11.0. The highest BCUT2D eigenvalue weighted by Gasteiger charge is 2.54. The molecule has 0 saturated carbocycles. The fourth-order valence-corrected chi connectivity index (χ4v) is 6.78. The Morgan fingerprint density at radius 1 is 0.304 bits per heavy atom. The minimum absolute atomic E-state index is 0.681. The molecule has 1 unspecified atom stereocenters. The molecule has 5 fully saturated rings. The first kappa shape index (κ1) is 46.0. The second-order valence-electron chi connectivity index (χ2n) is 14.0. The number of aliphatic hydroxyl groups excluding tert-OH is 17. The monoisotopic (exact) mass is 828 g/mol. The maximum Gasteiger partial charge on any atom is 0.187 e. The number of hydrogen-bond donors (Lipinski definition) is 17. The number of aliphatic hydroxyl groups is 17. The van der Waals surface area contributed by atoms with Gasteiger partial charge in [0.25, 0.3) is 0 Å². The molecule has 0 spiro atoms. The molecule has 5 aliphatic rings.